The number of likely N-dealkylation sites (N-methyl/N-ethyl adjacent to an activating group) is 2. The molecule has 2 bridgehead atoms. The second kappa shape index (κ2) is 11.6. The molecule has 4 fully saturated rings. The average Bonchev–Trinajstić information content (AvgIpc) is 2.79. The van der Waals surface area contributed by atoms with E-state index in [2.05, 4.69) is 33.7 Å². The van der Waals surface area contributed by atoms with Crippen LogP contribution in [0.15, 0.2) is 0 Å². The van der Waals surface area contributed by atoms with E-state index >= 15 is 0 Å². The molecule has 174 valence electrons. The molecular weight excluding hydrogens is 368 g/mol. The van der Waals surface area contributed by atoms with E-state index in [-0.39, 0.29) is 0 Å². The lowest BCUT2D eigenvalue weighted by Gasteiger charge is -2.45. The fourth-order valence-corrected chi connectivity index (χ4v) is 7.16. The maximum atomic E-state index is 2.96. The van der Waals surface area contributed by atoms with Crippen molar-refractivity contribution >= 4 is 0 Å². The van der Waals surface area contributed by atoms with Crippen molar-refractivity contribution < 1.29 is 0 Å². The summed E-state index contributed by atoms with van der Waals surface area (Å²) < 4.78 is 0. The van der Waals surface area contributed by atoms with Gasteiger partial charge in [0.2, 0.25) is 0 Å². The molecule has 0 amide bonds. The van der Waals surface area contributed by atoms with Crippen LogP contribution in [0.2, 0.25) is 0 Å². The molecule has 2 aliphatic heterocycles. The Labute approximate surface area is 187 Å². The second-order valence-corrected chi connectivity index (χ2v) is 11.2. The Morgan fingerprint density at radius 2 is 1.03 bits per heavy atom. The summed E-state index contributed by atoms with van der Waals surface area (Å²) in [5, 5.41) is 0. The molecule has 2 aliphatic carbocycles. The monoisotopic (exact) mass is 418 g/mol. The van der Waals surface area contributed by atoms with Crippen molar-refractivity contribution in [3.63, 3.8) is 0 Å². The summed E-state index contributed by atoms with van der Waals surface area (Å²) in [7, 11) is 4.82. The Bertz CT molecular complexity index is 485. The molecule has 30 heavy (non-hydrogen) atoms. The van der Waals surface area contributed by atoms with Gasteiger partial charge in [0, 0.05) is 51.4 Å². The Morgan fingerprint density at radius 3 is 1.73 bits per heavy atom. The topological polar surface area (TPSA) is 13.0 Å². The minimum absolute atomic E-state index is 0.807. The molecule has 4 aliphatic rings. The van der Waals surface area contributed by atoms with E-state index in [4.69, 9.17) is 0 Å². The highest BCUT2D eigenvalue weighted by atomic mass is 15.3. The highest BCUT2D eigenvalue weighted by Crippen LogP contribution is 2.33. The average molecular weight is 419 g/mol. The third-order valence-corrected chi connectivity index (χ3v) is 9.21. The predicted molar refractivity (Wildman–Crippen MR) is 128 cm³/mol. The molecule has 4 rings (SSSR count). The van der Waals surface area contributed by atoms with Gasteiger partial charge in [-0.15, -0.1) is 0 Å². The maximum Gasteiger partial charge on any atom is 0.0137 e. The number of hydrogen-bond acceptors (Lipinski definition) is 4. The number of hydrogen-bond donors (Lipinski definition) is 0. The van der Waals surface area contributed by atoms with E-state index in [0.717, 1.165) is 23.9 Å². The van der Waals surface area contributed by atoms with E-state index < -0.39 is 0 Å². The first kappa shape index (κ1) is 23.0. The van der Waals surface area contributed by atoms with E-state index in [1.807, 2.05) is 0 Å². The van der Waals surface area contributed by atoms with Gasteiger partial charge in [0.05, 0.1) is 0 Å². The van der Waals surface area contributed by atoms with E-state index in [0.29, 0.717) is 0 Å². The largest absolute Gasteiger partial charge is 0.305 e. The molecule has 2 saturated heterocycles. The molecule has 2 saturated carbocycles. The van der Waals surface area contributed by atoms with Crippen LogP contribution >= 0.6 is 0 Å². The van der Waals surface area contributed by atoms with Crippen molar-refractivity contribution in [2.24, 2.45) is 11.8 Å². The first-order valence-corrected chi connectivity index (χ1v) is 13.6. The number of fused-ring (bicyclic) bond motifs is 3. The molecule has 0 N–H and O–H groups in total. The molecule has 0 spiro atoms. The molecule has 0 aromatic rings. The van der Waals surface area contributed by atoms with Gasteiger partial charge in [-0.2, -0.15) is 0 Å². The molecule has 0 aromatic heterocycles. The standard InChI is InChI=1S/C26H50N4/c1-27-15-13-26(24-11-7-4-8-12-24)30-21-18-28(2)25(23-9-5-3-6-10-23)14-16-29(19-17-27)20-22-30/h23-26H,3-22H2,1-2H3. The Balaban J connectivity index is 1.50. The van der Waals surface area contributed by atoms with Crippen molar-refractivity contribution in [1.29, 1.82) is 0 Å². The van der Waals surface area contributed by atoms with Crippen LogP contribution in [0.4, 0.5) is 0 Å². The zero-order valence-electron chi connectivity index (χ0n) is 20.2. The normalized spacial score (nSPS) is 37.8. The van der Waals surface area contributed by atoms with Crippen molar-refractivity contribution in [3.05, 3.63) is 0 Å². The summed E-state index contributed by atoms with van der Waals surface area (Å²) in [6.45, 7) is 10.3. The van der Waals surface area contributed by atoms with Crippen LogP contribution in [-0.2, 0) is 0 Å². The zero-order valence-corrected chi connectivity index (χ0v) is 20.2. The van der Waals surface area contributed by atoms with E-state index in [1.165, 1.54) is 129 Å². The third kappa shape index (κ3) is 6.21. The summed E-state index contributed by atoms with van der Waals surface area (Å²) in [6.07, 6.45) is 17.5. The molecule has 0 aromatic carbocycles. The molecule has 4 atom stereocenters. The quantitative estimate of drug-likeness (QED) is 0.667. The van der Waals surface area contributed by atoms with E-state index in [9.17, 15) is 0 Å². The summed E-state index contributed by atoms with van der Waals surface area (Å²) in [6, 6.07) is 1.62. The molecule has 4 heteroatoms. The van der Waals surface area contributed by atoms with Crippen LogP contribution < -0.4 is 0 Å². The van der Waals surface area contributed by atoms with Gasteiger partial charge in [-0.25, -0.2) is 0 Å². The molecular formula is C26H50N4. The first-order chi connectivity index (χ1) is 14.7. The minimum Gasteiger partial charge on any atom is -0.305 e. The summed E-state index contributed by atoms with van der Waals surface area (Å²) >= 11 is 0. The predicted octanol–water partition coefficient (Wildman–Crippen LogP) is 4.16. The van der Waals surface area contributed by atoms with Gasteiger partial charge in [-0.3, -0.25) is 4.90 Å². The van der Waals surface area contributed by atoms with Gasteiger partial charge >= 0.3 is 0 Å². The van der Waals surface area contributed by atoms with Crippen LogP contribution in [0.5, 0.6) is 0 Å². The zero-order chi connectivity index (χ0) is 20.8. The molecule has 4 unspecified atom stereocenters. The lowest BCUT2D eigenvalue weighted by molar-refractivity contribution is 0.0403. The second-order valence-electron chi connectivity index (χ2n) is 11.2. The minimum atomic E-state index is 0.807. The van der Waals surface area contributed by atoms with Crippen molar-refractivity contribution in [2.75, 3.05) is 66.5 Å². The molecule has 0 radical (unpaired) electrons. The smallest absolute Gasteiger partial charge is 0.0137 e. The lowest BCUT2D eigenvalue weighted by atomic mass is 9.81. The number of nitrogens with zero attached hydrogens (tertiary/aromatic N) is 4. The van der Waals surface area contributed by atoms with Gasteiger partial charge in [0.25, 0.3) is 0 Å². The van der Waals surface area contributed by atoms with Gasteiger partial charge in [0.1, 0.15) is 0 Å². The third-order valence-electron chi connectivity index (χ3n) is 9.21. The fraction of sp³-hybridized carbons (Fsp3) is 1.00. The summed E-state index contributed by atoms with van der Waals surface area (Å²) in [4.78, 5) is 11.2. The summed E-state index contributed by atoms with van der Waals surface area (Å²) in [5.41, 5.74) is 0. The fourth-order valence-electron chi connectivity index (χ4n) is 7.16. The summed E-state index contributed by atoms with van der Waals surface area (Å²) in [5.74, 6) is 1.89. The van der Waals surface area contributed by atoms with Gasteiger partial charge < -0.3 is 14.7 Å². The highest BCUT2D eigenvalue weighted by Gasteiger charge is 2.33. The van der Waals surface area contributed by atoms with Crippen molar-refractivity contribution in [2.45, 2.75) is 89.1 Å². The first-order valence-electron chi connectivity index (χ1n) is 13.6. The Morgan fingerprint density at radius 1 is 0.467 bits per heavy atom. The number of rotatable bonds is 2. The van der Waals surface area contributed by atoms with Gasteiger partial charge in [0.15, 0.2) is 0 Å². The highest BCUT2D eigenvalue weighted by molar-refractivity contribution is 4.88. The molecule has 2 heterocycles. The van der Waals surface area contributed by atoms with Gasteiger partial charge in [-0.1, -0.05) is 38.5 Å². The lowest BCUT2D eigenvalue weighted by Crippen LogP contribution is -2.53. The van der Waals surface area contributed by atoms with Gasteiger partial charge in [-0.05, 0) is 77.5 Å². The van der Waals surface area contributed by atoms with Crippen LogP contribution in [0.3, 0.4) is 0 Å². The SMILES string of the molecule is CN1CCC(C2CCCCC2)N2CCN(CCC(C3CCCCC3)N(C)CC2)CC1. The van der Waals surface area contributed by atoms with Crippen LogP contribution in [0.1, 0.15) is 77.0 Å². The van der Waals surface area contributed by atoms with Crippen LogP contribution in [0.25, 0.3) is 0 Å². The Kier molecular flexibility index (Phi) is 8.92. The molecule has 4 nitrogen and oxygen atoms in total. The maximum absolute atomic E-state index is 2.96. The van der Waals surface area contributed by atoms with Crippen molar-refractivity contribution in [3.8, 4) is 0 Å². The van der Waals surface area contributed by atoms with E-state index in [1.54, 1.807) is 0 Å². The van der Waals surface area contributed by atoms with Crippen LogP contribution in [0, 0.1) is 11.8 Å². The van der Waals surface area contributed by atoms with Crippen LogP contribution in [-0.4, -0.2) is 98.1 Å². The Hall–Kier alpha value is -0.160. The van der Waals surface area contributed by atoms with Crippen molar-refractivity contribution in [1.82, 2.24) is 19.6 Å².